The first kappa shape index (κ1) is 22.7. The van der Waals surface area contributed by atoms with E-state index in [1.807, 2.05) is 0 Å². The number of benzene rings is 2. The number of non-ortho nitro benzene ring substituents is 1. The zero-order chi connectivity index (χ0) is 22.9. The van der Waals surface area contributed by atoms with Crippen LogP contribution in [0.4, 0.5) is 11.4 Å². The molecule has 2 aromatic carbocycles. The maximum Gasteiger partial charge on any atom is 0.276 e. The smallest absolute Gasteiger partial charge is 0.276 e. The quantitative estimate of drug-likeness (QED) is 0.447. The molecule has 1 fully saturated rings. The molecule has 0 heterocycles. The molecule has 3 rings (SSSR count). The minimum atomic E-state index is -0.604. The predicted octanol–water partition coefficient (Wildman–Crippen LogP) is 2.95. The summed E-state index contributed by atoms with van der Waals surface area (Å²) in [6.45, 7) is -0.385. The van der Waals surface area contributed by atoms with Crippen LogP contribution in [-0.2, 0) is 9.59 Å². The van der Waals surface area contributed by atoms with Crippen molar-refractivity contribution in [3.8, 4) is 5.75 Å². The van der Waals surface area contributed by atoms with Crippen LogP contribution in [0.1, 0.15) is 42.5 Å². The number of rotatable bonds is 7. The number of carbonyl (C=O) groups excluding carboxylic acids is 3. The van der Waals surface area contributed by atoms with Crippen molar-refractivity contribution in [1.29, 1.82) is 0 Å². The van der Waals surface area contributed by atoms with Gasteiger partial charge >= 0.3 is 0 Å². The first-order valence-electron chi connectivity index (χ1n) is 10.3. The zero-order valence-corrected chi connectivity index (χ0v) is 17.3. The van der Waals surface area contributed by atoms with Crippen molar-refractivity contribution in [3.63, 3.8) is 0 Å². The van der Waals surface area contributed by atoms with Gasteiger partial charge in [-0.2, -0.15) is 0 Å². The highest BCUT2D eigenvalue weighted by atomic mass is 16.6. The Morgan fingerprint density at radius 1 is 0.938 bits per heavy atom. The summed E-state index contributed by atoms with van der Waals surface area (Å²) >= 11 is 0. The van der Waals surface area contributed by atoms with E-state index in [-0.39, 0.29) is 29.9 Å². The number of carbonyl (C=O) groups is 3. The zero-order valence-electron chi connectivity index (χ0n) is 17.3. The third kappa shape index (κ3) is 6.53. The Labute approximate surface area is 184 Å². The monoisotopic (exact) mass is 440 g/mol. The first-order chi connectivity index (χ1) is 15.4. The lowest BCUT2D eigenvalue weighted by Crippen LogP contribution is -2.43. The topological polar surface area (TPSA) is 140 Å². The highest BCUT2D eigenvalue weighted by Gasteiger charge is 2.21. The number of amides is 3. The number of nitrogens with zero attached hydrogens (tertiary/aromatic N) is 1. The van der Waals surface area contributed by atoms with Gasteiger partial charge in [-0.25, -0.2) is 0 Å². The normalized spacial score (nSPS) is 13.6. The summed E-state index contributed by atoms with van der Waals surface area (Å²) in [6, 6.07) is 11.6. The first-order valence-corrected chi connectivity index (χ1v) is 10.3. The van der Waals surface area contributed by atoms with Gasteiger partial charge in [0.05, 0.1) is 4.92 Å². The summed E-state index contributed by atoms with van der Waals surface area (Å²) in [5.41, 5.74) is 5.33. The molecular weight excluding hydrogens is 416 g/mol. The van der Waals surface area contributed by atoms with E-state index >= 15 is 0 Å². The van der Waals surface area contributed by atoms with E-state index in [1.165, 1.54) is 30.7 Å². The molecule has 168 valence electrons. The number of anilines is 1. The highest BCUT2D eigenvalue weighted by molar-refractivity contribution is 5.97. The van der Waals surface area contributed by atoms with Gasteiger partial charge in [-0.15, -0.1) is 0 Å². The Hall–Kier alpha value is -3.95. The SMILES string of the molecule is O=C(COc1ccc([N+](=O)[O-])cc1)NNC(=O)c1ccc(NC(=O)C2CCCCC2)cc1. The highest BCUT2D eigenvalue weighted by Crippen LogP contribution is 2.25. The number of hydrogen-bond acceptors (Lipinski definition) is 6. The van der Waals surface area contributed by atoms with Crippen molar-refractivity contribution in [1.82, 2.24) is 10.9 Å². The fourth-order valence-corrected chi connectivity index (χ4v) is 3.36. The van der Waals surface area contributed by atoms with Crippen LogP contribution in [-0.4, -0.2) is 29.3 Å². The van der Waals surface area contributed by atoms with E-state index in [0.717, 1.165) is 25.7 Å². The molecule has 0 spiro atoms. The van der Waals surface area contributed by atoms with Crippen LogP contribution in [0.3, 0.4) is 0 Å². The lowest BCUT2D eigenvalue weighted by Gasteiger charge is -2.20. The maximum absolute atomic E-state index is 12.3. The molecule has 3 amide bonds. The van der Waals surface area contributed by atoms with Crippen molar-refractivity contribution in [2.45, 2.75) is 32.1 Å². The van der Waals surface area contributed by atoms with Crippen molar-refractivity contribution in [2.75, 3.05) is 11.9 Å². The van der Waals surface area contributed by atoms with Crippen LogP contribution in [0.25, 0.3) is 0 Å². The average Bonchev–Trinajstić information content (AvgIpc) is 2.82. The van der Waals surface area contributed by atoms with Gasteiger partial charge in [0.2, 0.25) is 5.91 Å². The Kier molecular flexibility index (Phi) is 7.74. The van der Waals surface area contributed by atoms with Gasteiger partial charge in [0.25, 0.3) is 17.5 Å². The Balaban J connectivity index is 1.41. The number of nitro groups is 1. The summed E-state index contributed by atoms with van der Waals surface area (Å²) in [7, 11) is 0. The van der Waals surface area contributed by atoms with E-state index < -0.39 is 16.7 Å². The number of hydrazine groups is 1. The van der Waals surface area contributed by atoms with Gasteiger partial charge in [-0.1, -0.05) is 19.3 Å². The molecule has 0 aromatic heterocycles. The molecule has 10 nitrogen and oxygen atoms in total. The van der Waals surface area contributed by atoms with Crippen molar-refractivity contribution < 1.29 is 24.0 Å². The second-order valence-corrected chi connectivity index (χ2v) is 7.44. The number of hydrogen-bond donors (Lipinski definition) is 3. The molecule has 0 saturated heterocycles. The minimum Gasteiger partial charge on any atom is -0.484 e. The van der Waals surface area contributed by atoms with Crippen molar-refractivity contribution in [3.05, 3.63) is 64.2 Å². The van der Waals surface area contributed by atoms with Crippen LogP contribution in [0.5, 0.6) is 5.75 Å². The minimum absolute atomic E-state index is 0.00202. The second kappa shape index (κ2) is 10.9. The summed E-state index contributed by atoms with van der Waals surface area (Å²) < 4.78 is 5.22. The van der Waals surface area contributed by atoms with Crippen LogP contribution in [0.2, 0.25) is 0 Å². The molecule has 2 aromatic rings. The Bertz CT molecular complexity index is 969. The van der Waals surface area contributed by atoms with Crippen LogP contribution in [0.15, 0.2) is 48.5 Å². The van der Waals surface area contributed by atoms with E-state index in [0.29, 0.717) is 11.3 Å². The number of nitrogens with one attached hydrogen (secondary N) is 3. The van der Waals surface area contributed by atoms with Gasteiger partial charge in [0.1, 0.15) is 5.75 Å². The van der Waals surface area contributed by atoms with Gasteiger partial charge in [-0.05, 0) is 49.2 Å². The standard InChI is InChI=1S/C22H24N4O6/c27-20(14-32-19-12-10-18(11-13-19)26(30)31)24-25-22(29)16-6-8-17(9-7-16)23-21(28)15-4-2-1-3-5-15/h6-13,15H,1-5,14H2,(H,23,28)(H,24,27)(H,25,29). The van der Waals surface area contributed by atoms with Gasteiger partial charge in [0, 0.05) is 29.3 Å². The molecule has 10 heteroatoms. The predicted molar refractivity (Wildman–Crippen MR) is 116 cm³/mol. The molecule has 0 aliphatic heterocycles. The van der Waals surface area contributed by atoms with Gasteiger partial charge in [-0.3, -0.25) is 35.3 Å². The summed E-state index contributed by atoms with van der Waals surface area (Å²) in [6.07, 6.45) is 5.12. The van der Waals surface area contributed by atoms with E-state index in [9.17, 15) is 24.5 Å². The number of nitro benzene ring substituents is 1. The molecule has 1 aliphatic carbocycles. The maximum atomic E-state index is 12.3. The molecule has 0 atom stereocenters. The molecule has 0 unspecified atom stereocenters. The third-order valence-electron chi connectivity index (χ3n) is 5.12. The average molecular weight is 440 g/mol. The Morgan fingerprint density at radius 2 is 1.59 bits per heavy atom. The second-order valence-electron chi connectivity index (χ2n) is 7.44. The van der Waals surface area contributed by atoms with E-state index in [2.05, 4.69) is 16.2 Å². The lowest BCUT2D eigenvalue weighted by molar-refractivity contribution is -0.384. The van der Waals surface area contributed by atoms with Gasteiger partial charge < -0.3 is 10.1 Å². The largest absolute Gasteiger partial charge is 0.484 e. The summed E-state index contributed by atoms with van der Waals surface area (Å²) in [4.78, 5) is 46.4. The van der Waals surface area contributed by atoms with Crippen LogP contribution >= 0.6 is 0 Å². The number of ether oxygens (including phenoxy) is 1. The molecule has 1 aliphatic rings. The van der Waals surface area contributed by atoms with Crippen LogP contribution < -0.4 is 20.9 Å². The van der Waals surface area contributed by atoms with Crippen molar-refractivity contribution in [2.24, 2.45) is 5.92 Å². The van der Waals surface area contributed by atoms with Crippen molar-refractivity contribution >= 4 is 29.1 Å². The lowest BCUT2D eigenvalue weighted by atomic mass is 9.88. The molecule has 1 saturated carbocycles. The van der Waals surface area contributed by atoms with E-state index in [4.69, 9.17) is 4.74 Å². The molecule has 0 radical (unpaired) electrons. The fraction of sp³-hybridized carbons (Fsp3) is 0.318. The van der Waals surface area contributed by atoms with Gasteiger partial charge in [0.15, 0.2) is 6.61 Å². The summed E-state index contributed by atoms with van der Waals surface area (Å²) in [5, 5.41) is 13.5. The molecule has 0 bridgehead atoms. The summed E-state index contributed by atoms with van der Waals surface area (Å²) in [5.74, 6) is -0.813. The Morgan fingerprint density at radius 3 is 2.22 bits per heavy atom. The third-order valence-corrected chi connectivity index (χ3v) is 5.12. The fourth-order valence-electron chi connectivity index (χ4n) is 3.36. The van der Waals surface area contributed by atoms with Crippen LogP contribution in [0, 0.1) is 16.0 Å². The molecule has 3 N–H and O–H groups in total. The molecular formula is C22H24N4O6. The van der Waals surface area contributed by atoms with E-state index in [1.54, 1.807) is 24.3 Å². The molecule has 32 heavy (non-hydrogen) atoms.